The molecule has 2 amide bonds. The number of rotatable bonds is 3. The number of carbonyl (C=O) groups is 2. The fourth-order valence-electron chi connectivity index (χ4n) is 4.05. The van der Waals surface area contributed by atoms with Crippen LogP contribution >= 0.6 is 0 Å². The largest absolute Gasteiger partial charge is 0.394 e. The fraction of sp³-hybridized carbons (Fsp3) is 0.500. The number of ether oxygens (including phenoxy) is 1. The van der Waals surface area contributed by atoms with E-state index in [0.717, 1.165) is 18.4 Å². The van der Waals surface area contributed by atoms with E-state index in [9.17, 15) is 14.7 Å². The number of fused-ring (bicyclic) bond motifs is 5. The molecule has 0 aromatic heterocycles. The van der Waals surface area contributed by atoms with Crippen LogP contribution in [-0.4, -0.2) is 40.6 Å². The van der Waals surface area contributed by atoms with Crippen LogP contribution in [0.25, 0.3) is 0 Å². The molecular formula is C16H17NO4. The van der Waals surface area contributed by atoms with E-state index in [2.05, 4.69) is 0 Å². The highest BCUT2D eigenvalue weighted by molar-refractivity contribution is 6.06. The van der Waals surface area contributed by atoms with Gasteiger partial charge in [0.1, 0.15) is 0 Å². The zero-order chi connectivity index (χ0) is 14.6. The van der Waals surface area contributed by atoms with Crippen LogP contribution in [0, 0.1) is 11.8 Å². The molecule has 3 aliphatic heterocycles. The van der Waals surface area contributed by atoms with Crippen molar-refractivity contribution in [1.29, 1.82) is 0 Å². The zero-order valence-electron chi connectivity index (χ0n) is 11.5. The van der Waals surface area contributed by atoms with Gasteiger partial charge in [0.15, 0.2) is 0 Å². The summed E-state index contributed by atoms with van der Waals surface area (Å²) in [6.45, 7) is -0.253. The monoisotopic (exact) mass is 287 g/mol. The third kappa shape index (κ3) is 1.71. The van der Waals surface area contributed by atoms with E-state index >= 15 is 0 Å². The molecule has 0 aliphatic carbocycles. The number of amides is 2. The van der Waals surface area contributed by atoms with Crippen molar-refractivity contribution in [3.05, 3.63) is 35.9 Å². The minimum Gasteiger partial charge on any atom is -0.394 e. The predicted octanol–water partition coefficient (Wildman–Crippen LogP) is 0.882. The molecule has 2 unspecified atom stereocenters. The van der Waals surface area contributed by atoms with Gasteiger partial charge in [0.05, 0.1) is 36.7 Å². The van der Waals surface area contributed by atoms with E-state index in [1.54, 1.807) is 0 Å². The summed E-state index contributed by atoms with van der Waals surface area (Å²) in [5.41, 5.74) is 0.787. The van der Waals surface area contributed by atoms with Crippen molar-refractivity contribution in [1.82, 2.24) is 4.90 Å². The van der Waals surface area contributed by atoms with Crippen molar-refractivity contribution in [2.75, 3.05) is 6.61 Å². The van der Waals surface area contributed by atoms with E-state index in [4.69, 9.17) is 4.74 Å². The van der Waals surface area contributed by atoms with Crippen LogP contribution in [0.3, 0.4) is 0 Å². The Morgan fingerprint density at radius 3 is 2.19 bits per heavy atom. The molecule has 3 heterocycles. The number of benzene rings is 1. The van der Waals surface area contributed by atoms with Crippen molar-refractivity contribution in [3.8, 4) is 0 Å². The Morgan fingerprint density at radius 1 is 1.10 bits per heavy atom. The van der Waals surface area contributed by atoms with Crippen molar-refractivity contribution in [2.24, 2.45) is 11.8 Å². The molecule has 1 aromatic rings. The molecule has 2 bridgehead atoms. The van der Waals surface area contributed by atoms with E-state index in [1.165, 1.54) is 4.90 Å². The van der Waals surface area contributed by atoms with Gasteiger partial charge in [-0.2, -0.15) is 0 Å². The van der Waals surface area contributed by atoms with Crippen molar-refractivity contribution >= 4 is 11.8 Å². The van der Waals surface area contributed by atoms with E-state index in [0.29, 0.717) is 0 Å². The molecule has 5 atom stereocenters. The lowest BCUT2D eigenvalue weighted by atomic mass is 9.81. The van der Waals surface area contributed by atoms with Gasteiger partial charge in [-0.15, -0.1) is 0 Å². The van der Waals surface area contributed by atoms with Crippen LogP contribution in [0.15, 0.2) is 30.3 Å². The highest BCUT2D eigenvalue weighted by Crippen LogP contribution is 2.50. The van der Waals surface area contributed by atoms with Gasteiger partial charge in [0, 0.05) is 0 Å². The van der Waals surface area contributed by atoms with Crippen molar-refractivity contribution < 1.29 is 19.4 Å². The highest BCUT2D eigenvalue weighted by atomic mass is 16.5. The lowest BCUT2D eigenvalue weighted by Crippen LogP contribution is -2.39. The van der Waals surface area contributed by atoms with Gasteiger partial charge in [-0.1, -0.05) is 30.3 Å². The Kier molecular flexibility index (Phi) is 2.87. The summed E-state index contributed by atoms with van der Waals surface area (Å²) in [7, 11) is 0. The molecule has 0 saturated carbocycles. The Labute approximate surface area is 122 Å². The SMILES string of the molecule is O=C1[C@@H]2C3CCC(O3)[C@@H]2C(=O)N1[C@H](CO)c1ccccc1. The van der Waals surface area contributed by atoms with Crippen molar-refractivity contribution in [3.63, 3.8) is 0 Å². The van der Waals surface area contributed by atoms with E-state index in [-0.39, 0.29) is 42.5 Å². The van der Waals surface area contributed by atoms with E-state index < -0.39 is 6.04 Å². The van der Waals surface area contributed by atoms with Crippen LogP contribution in [0.4, 0.5) is 0 Å². The van der Waals surface area contributed by atoms with Crippen molar-refractivity contribution in [2.45, 2.75) is 31.1 Å². The maximum Gasteiger partial charge on any atom is 0.236 e. The molecular weight excluding hydrogens is 270 g/mol. The molecule has 4 rings (SSSR count). The summed E-state index contributed by atoms with van der Waals surface area (Å²) < 4.78 is 5.72. The van der Waals surface area contributed by atoms with Crippen LogP contribution in [0.1, 0.15) is 24.4 Å². The summed E-state index contributed by atoms with van der Waals surface area (Å²) in [5, 5.41) is 9.71. The molecule has 0 radical (unpaired) electrons. The lowest BCUT2D eigenvalue weighted by molar-refractivity contribution is -0.146. The van der Waals surface area contributed by atoms with Gasteiger partial charge >= 0.3 is 0 Å². The van der Waals surface area contributed by atoms with Gasteiger partial charge < -0.3 is 9.84 Å². The molecule has 5 heteroatoms. The number of likely N-dealkylation sites (tertiary alicyclic amines) is 1. The van der Waals surface area contributed by atoms with Crippen LogP contribution in [0.2, 0.25) is 0 Å². The normalized spacial score (nSPS) is 35.4. The molecule has 3 aliphatic rings. The highest BCUT2D eigenvalue weighted by Gasteiger charge is 2.63. The number of carbonyl (C=O) groups excluding carboxylic acids is 2. The molecule has 3 fully saturated rings. The third-order valence-corrected chi connectivity index (χ3v) is 4.99. The number of aliphatic hydroxyl groups excluding tert-OH is 1. The smallest absolute Gasteiger partial charge is 0.236 e. The summed E-state index contributed by atoms with van der Waals surface area (Å²) in [6.07, 6.45) is 1.48. The number of hydrogen-bond donors (Lipinski definition) is 1. The summed E-state index contributed by atoms with van der Waals surface area (Å²) >= 11 is 0. The standard InChI is InChI=1S/C16H17NO4/c18-8-10(9-4-2-1-3-5-9)17-15(19)13-11-6-7-12(21-11)14(13)16(17)20/h1-5,10-14,18H,6-8H2/t10-,11?,12?,13-,14+/m1/s1. The average Bonchev–Trinajstić information content (AvgIpc) is 3.18. The number of aliphatic hydroxyl groups is 1. The Morgan fingerprint density at radius 2 is 1.67 bits per heavy atom. The van der Waals surface area contributed by atoms with Gasteiger partial charge in [-0.05, 0) is 18.4 Å². The third-order valence-electron chi connectivity index (χ3n) is 4.99. The van der Waals surface area contributed by atoms with Crippen LogP contribution in [-0.2, 0) is 14.3 Å². The average molecular weight is 287 g/mol. The molecule has 110 valence electrons. The summed E-state index contributed by atoms with van der Waals surface area (Å²) in [5.74, 6) is -1.04. The van der Waals surface area contributed by atoms with Gasteiger partial charge in [0.25, 0.3) is 0 Å². The minimum absolute atomic E-state index is 0.114. The predicted molar refractivity (Wildman–Crippen MR) is 73.0 cm³/mol. The van der Waals surface area contributed by atoms with Gasteiger partial charge in [-0.25, -0.2) is 0 Å². The van der Waals surface area contributed by atoms with Gasteiger partial charge in [0.2, 0.25) is 11.8 Å². The Balaban J connectivity index is 1.69. The number of hydrogen-bond acceptors (Lipinski definition) is 4. The van der Waals surface area contributed by atoms with Gasteiger partial charge in [-0.3, -0.25) is 14.5 Å². The first-order valence-corrected chi connectivity index (χ1v) is 7.40. The molecule has 1 aromatic carbocycles. The minimum atomic E-state index is -0.587. The quantitative estimate of drug-likeness (QED) is 0.838. The lowest BCUT2D eigenvalue weighted by Gasteiger charge is -2.26. The molecule has 1 N–H and O–H groups in total. The van der Waals surface area contributed by atoms with Crippen LogP contribution in [0.5, 0.6) is 0 Å². The Hall–Kier alpha value is -1.72. The molecule has 0 spiro atoms. The maximum atomic E-state index is 12.7. The first-order valence-electron chi connectivity index (χ1n) is 7.40. The summed E-state index contributed by atoms with van der Waals surface area (Å²) in [4.78, 5) is 26.6. The first-order chi connectivity index (χ1) is 10.2. The second-order valence-corrected chi connectivity index (χ2v) is 6.00. The molecule has 5 nitrogen and oxygen atoms in total. The summed E-state index contributed by atoms with van der Waals surface area (Å²) in [6, 6.07) is 8.64. The maximum absolute atomic E-state index is 12.7. The first kappa shape index (κ1) is 13.0. The zero-order valence-corrected chi connectivity index (χ0v) is 11.5. The number of nitrogens with zero attached hydrogens (tertiary/aromatic N) is 1. The second kappa shape index (κ2) is 4.64. The fourth-order valence-corrected chi connectivity index (χ4v) is 4.05. The molecule has 3 saturated heterocycles. The van der Waals surface area contributed by atoms with E-state index in [1.807, 2.05) is 30.3 Å². The molecule has 21 heavy (non-hydrogen) atoms. The second-order valence-electron chi connectivity index (χ2n) is 6.00. The topological polar surface area (TPSA) is 66.8 Å². The van der Waals surface area contributed by atoms with Crippen LogP contribution < -0.4 is 0 Å². The Bertz CT molecular complexity index is 559. The number of imide groups is 1.